The molecule has 0 aliphatic heterocycles. The van der Waals surface area contributed by atoms with E-state index in [-0.39, 0.29) is 0 Å². The molecule has 3 rings (SSSR count). The van der Waals surface area contributed by atoms with Gasteiger partial charge in [0, 0.05) is 22.8 Å². The largest absolute Gasteiger partial charge is 0.353 e. The molecule has 0 saturated heterocycles. The van der Waals surface area contributed by atoms with Crippen LogP contribution in [0.3, 0.4) is 0 Å². The van der Waals surface area contributed by atoms with Crippen LogP contribution in [0.4, 0.5) is 5.82 Å². The molecule has 0 N–H and O–H groups in total. The fourth-order valence-electron chi connectivity index (χ4n) is 2.69. The molecule has 108 valence electrons. The second kappa shape index (κ2) is 6.39. The number of hydrogen-bond donors (Lipinski definition) is 0. The molecule has 0 spiro atoms. The van der Waals surface area contributed by atoms with E-state index in [2.05, 4.69) is 43.8 Å². The van der Waals surface area contributed by atoms with Gasteiger partial charge in [0.15, 0.2) is 0 Å². The van der Waals surface area contributed by atoms with Crippen LogP contribution in [0, 0.1) is 0 Å². The zero-order chi connectivity index (χ0) is 13.9. The molecule has 1 fully saturated rings. The number of alkyl halides is 1. The van der Waals surface area contributed by atoms with Crippen molar-refractivity contribution in [3.05, 3.63) is 17.3 Å². The fourth-order valence-corrected chi connectivity index (χ4v) is 3.87. The molecule has 3 nitrogen and oxygen atoms in total. The lowest BCUT2D eigenvalue weighted by molar-refractivity contribution is 0.385. The van der Waals surface area contributed by atoms with Crippen molar-refractivity contribution in [3.63, 3.8) is 0 Å². The van der Waals surface area contributed by atoms with Crippen LogP contribution in [0.25, 0.3) is 10.2 Å². The molecule has 2 aromatic rings. The molecule has 0 atom stereocenters. The highest BCUT2D eigenvalue weighted by molar-refractivity contribution is 9.09. The van der Waals surface area contributed by atoms with E-state index in [1.54, 1.807) is 17.7 Å². The average molecular weight is 354 g/mol. The van der Waals surface area contributed by atoms with E-state index < -0.39 is 0 Å². The molecule has 2 heterocycles. The molecule has 0 unspecified atom stereocenters. The first kappa shape index (κ1) is 14.3. The van der Waals surface area contributed by atoms with Gasteiger partial charge in [0.05, 0.1) is 5.39 Å². The number of halogens is 1. The molecule has 0 amide bonds. The van der Waals surface area contributed by atoms with Gasteiger partial charge in [-0.2, -0.15) is 0 Å². The lowest BCUT2D eigenvalue weighted by Crippen LogP contribution is -2.41. The highest BCUT2D eigenvalue weighted by Gasteiger charge is 2.27. The predicted molar refractivity (Wildman–Crippen MR) is 90.2 cm³/mol. The van der Waals surface area contributed by atoms with Crippen LogP contribution < -0.4 is 4.90 Å². The van der Waals surface area contributed by atoms with Crippen molar-refractivity contribution in [1.82, 2.24) is 9.97 Å². The van der Waals surface area contributed by atoms with Gasteiger partial charge in [-0.25, -0.2) is 9.97 Å². The van der Waals surface area contributed by atoms with Gasteiger partial charge >= 0.3 is 0 Å². The quantitative estimate of drug-likeness (QED) is 0.720. The number of aromatic nitrogens is 2. The summed E-state index contributed by atoms with van der Waals surface area (Å²) in [4.78, 5) is 14.1. The number of fused-ring (bicyclic) bond motifs is 1. The minimum atomic E-state index is 0.678. The summed E-state index contributed by atoms with van der Waals surface area (Å²) in [5.74, 6) is 1.15. The molecule has 0 aromatic carbocycles. The van der Waals surface area contributed by atoms with Crippen molar-refractivity contribution in [2.24, 2.45) is 0 Å². The summed E-state index contributed by atoms with van der Waals surface area (Å²) in [6, 6.07) is 2.96. The molecule has 0 bridgehead atoms. The normalized spacial score (nSPS) is 15.5. The number of thiophene rings is 1. The SMILES string of the molecule is CCc1cc2c(N(CCCBr)C3CCC3)ncnc2s1. The van der Waals surface area contributed by atoms with Crippen molar-refractivity contribution in [1.29, 1.82) is 0 Å². The summed E-state index contributed by atoms with van der Waals surface area (Å²) in [7, 11) is 0. The Labute approximate surface area is 132 Å². The standard InChI is InChI=1S/C15H20BrN3S/c1-2-12-9-13-14(17-10-18-15(13)20-12)19(8-4-7-16)11-5-3-6-11/h9-11H,2-8H2,1H3. The van der Waals surface area contributed by atoms with Crippen LogP contribution >= 0.6 is 27.3 Å². The van der Waals surface area contributed by atoms with Gasteiger partial charge < -0.3 is 4.90 Å². The molecule has 1 saturated carbocycles. The van der Waals surface area contributed by atoms with Gasteiger partial charge in [-0.3, -0.25) is 0 Å². The Bertz CT molecular complexity index is 580. The maximum absolute atomic E-state index is 4.62. The second-order valence-corrected chi connectivity index (χ2v) is 7.21. The van der Waals surface area contributed by atoms with E-state index in [1.165, 1.54) is 29.5 Å². The summed E-state index contributed by atoms with van der Waals surface area (Å²) in [5, 5.41) is 2.30. The van der Waals surface area contributed by atoms with Gasteiger partial charge in [0.2, 0.25) is 0 Å². The summed E-state index contributed by atoms with van der Waals surface area (Å²) in [6.45, 7) is 3.28. The molecule has 20 heavy (non-hydrogen) atoms. The lowest BCUT2D eigenvalue weighted by Gasteiger charge is -2.38. The fraction of sp³-hybridized carbons (Fsp3) is 0.600. The maximum atomic E-state index is 4.62. The van der Waals surface area contributed by atoms with Gasteiger partial charge in [0.25, 0.3) is 0 Å². The van der Waals surface area contributed by atoms with Crippen molar-refractivity contribution < 1.29 is 0 Å². The Morgan fingerprint density at radius 2 is 2.25 bits per heavy atom. The third-order valence-electron chi connectivity index (χ3n) is 4.03. The minimum Gasteiger partial charge on any atom is -0.353 e. The zero-order valence-electron chi connectivity index (χ0n) is 11.8. The Balaban J connectivity index is 1.98. The highest BCUT2D eigenvalue weighted by atomic mass is 79.9. The topological polar surface area (TPSA) is 29.0 Å². The molecule has 5 heteroatoms. The first-order chi connectivity index (χ1) is 9.83. The van der Waals surface area contributed by atoms with Crippen LogP contribution in [-0.2, 0) is 6.42 Å². The van der Waals surface area contributed by atoms with Crippen molar-refractivity contribution in [2.75, 3.05) is 16.8 Å². The van der Waals surface area contributed by atoms with E-state index in [4.69, 9.17) is 0 Å². The number of aryl methyl sites for hydroxylation is 1. The van der Waals surface area contributed by atoms with E-state index in [0.29, 0.717) is 6.04 Å². The van der Waals surface area contributed by atoms with E-state index in [1.807, 2.05) is 0 Å². The summed E-state index contributed by atoms with van der Waals surface area (Å²) in [5.41, 5.74) is 0. The highest BCUT2D eigenvalue weighted by Crippen LogP contribution is 2.35. The third kappa shape index (κ3) is 2.70. The molecular formula is C15H20BrN3S. The zero-order valence-corrected chi connectivity index (χ0v) is 14.2. The molecular weight excluding hydrogens is 334 g/mol. The molecule has 1 aliphatic carbocycles. The van der Waals surface area contributed by atoms with E-state index >= 15 is 0 Å². The van der Waals surface area contributed by atoms with Gasteiger partial charge in [-0.1, -0.05) is 22.9 Å². The lowest BCUT2D eigenvalue weighted by atomic mass is 9.91. The van der Waals surface area contributed by atoms with Crippen molar-refractivity contribution in [2.45, 2.75) is 45.1 Å². The maximum Gasteiger partial charge on any atom is 0.141 e. The van der Waals surface area contributed by atoms with E-state index in [0.717, 1.165) is 35.4 Å². The Morgan fingerprint density at radius 1 is 1.40 bits per heavy atom. The van der Waals surface area contributed by atoms with Crippen LogP contribution in [-0.4, -0.2) is 27.9 Å². The molecule has 2 aromatic heterocycles. The van der Waals surface area contributed by atoms with Crippen LogP contribution in [0.2, 0.25) is 0 Å². The summed E-state index contributed by atoms with van der Waals surface area (Å²) < 4.78 is 0. The monoisotopic (exact) mass is 353 g/mol. The third-order valence-corrected chi connectivity index (χ3v) is 5.78. The predicted octanol–water partition coefficient (Wildman–Crippen LogP) is 4.40. The van der Waals surface area contributed by atoms with Gasteiger partial charge in [0.1, 0.15) is 17.0 Å². The van der Waals surface area contributed by atoms with Crippen molar-refractivity contribution >= 4 is 43.3 Å². The summed E-state index contributed by atoms with van der Waals surface area (Å²) in [6.07, 6.45) is 7.93. The average Bonchev–Trinajstić information content (AvgIpc) is 2.84. The van der Waals surface area contributed by atoms with Crippen molar-refractivity contribution in [3.8, 4) is 0 Å². The Hall–Kier alpha value is -0.680. The second-order valence-electron chi connectivity index (χ2n) is 5.30. The Morgan fingerprint density at radius 3 is 2.90 bits per heavy atom. The molecule has 0 radical (unpaired) electrons. The van der Waals surface area contributed by atoms with Gasteiger partial charge in [-0.05, 0) is 38.2 Å². The molecule has 1 aliphatic rings. The van der Waals surface area contributed by atoms with Crippen LogP contribution in [0.15, 0.2) is 12.4 Å². The van der Waals surface area contributed by atoms with Crippen LogP contribution in [0.5, 0.6) is 0 Å². The first-order valence-corrected chi connectivity index (χ1v) is 9.33. The van der Waals surface area contributed by atoms with Crippen LogP contribution in [0.1, 0.15) is 37.5 Å². The Kier molecular flexibility index (Phi) is 4.56. The first-order valence-electron chi connectivity index (χ1n) is 7.39. The van der Waals surface area contributed by atoms with Gasteiger partial charge in [-0.15, -0.1) is 11.3 Å². The minimum absolute atomic E-state index is 0.678. The number of rotatable bonds is 6. The van der Waals surface area contributed by atoms with E-state index in [9.17, 15) is 0 Å². The number of hydrogen-bond acceptors (Lipinski definition) is 4. The number of anilines is 1. The smallest absolute Gasteiger partial charge is 0.141 e. The number of nitrogens with zero attached hydrogens (tertiary/aromatic N) is 3. The summed E-state index contributed by atoms with van der Waals surface area (Å²) >= 11 is 5.35.